The van der Waals surface area contributed by atoms with Crippen LogP contribution < -0.4 is 0 Å². The number of carboxylic acid groups (broad SMARTS) is 1. The van der Waals surface area contributed by atoms with Crippen LogP contribution in [0.3, 0.4) is 0 Å². The Bertz CT molecular complexity index is 431. The minimum Gasteiger partial charge on any atom is -0.481 e. The molecule has 6 heteroatoms. The number of aryl methyl sites for hydroxylation is 1. The first-order valence-electron chi connectivity index (χ1n) is 6.43. The van der Waals surface area contributed by atoms with Gasteiger partial charge in [0, 0.05) is 13.1 Å². The van der Waals surface area contributed by atoms with Gasteiger partial charge < -0.3 is 5.11 Å². The first kappa shape index (κ1) is 13.0. The molecule has 1 fully saturated rings. The van der Waals surface area contributed by atoms with Gasteiger partial charge in [-0.25, -0.2) is 9.67 Å². The zero-order valence-corrected chi connectivity index (χ0v) is 11.0. The van der Waals surface area contributed by atoms with Gasteiger partial charge in [0.05, 0.1) is 12.0 Å². The topological polar surface area (TPSA) is 71.2 Å². The number of hydrogen-bond donors (Lipinski definition) is 1. The van der Waals surface area contributed by atoms with Crippen molar-refractivity contribution in [3.05, 3.63) is 12.2 Å². The Kier molecular flexibility index (Phi) is 3.65. The quantitative estimate of drug-likeness (QED) is 0.846. The fraction of sp³-hybridized carbons (Fsp3) is 0.750. The van der Waals surface area contributed by atoms with Crippen LogP contribution in [-0.2, 0) is 17.9 Å². The molecule has 0 saturated carbocycles. The number of aliphatic carboxylic acids is 1. The van der Waals surface area contributed by atoms with Crippen LogP contribution >= 0.6 is 0 Å². The predicted octanol–water partition coefficient (Wildman–Crippen LogP) is 0.985. The standard InChI is InChI=1S/C12H20N4O2/c1-3-12(11(17)18)5-6-15(8-12)7-10-13-9-14-16(10)4-2/h9H,3-8H2,1-2H3,(H,17,18). The van der Waals surface area contributed by atoms with Crippen LogP contribution in [0.25, 0.3) is 0 Å². The SMILES string of the molecule is CCn1ncnc1CN1CCC(CC)(C(=O)O)C1. The van der Waals surface area contributed by atoms with Gasteiger partial charge in [0.1, 0.15) is 12.2 Å². The summed E-state index contributed by atoms with van der Waals surface area (Å²) in [7, 11) is 0. The van der Waals surface area contributed by atoms with Crippen LogP contribution in [0.15, 0.2) is 6.33 Å². The summed E-state index contributed by atoms with van der Waals surface area (Å²) in [6.07, 6.45) is 2.96. The van der Waals surface area contributed by atoms with E-state index in [0.29, 0.717) is 19.5 Å². The molecule has 100 valence electrons. The van der Waals surface area contributed by atoms with Gasteiger partial charge in [0.2, 0.25) is 0 Å². The molecular weight excluding hydrogens is 232 g/mol. The van der Waals surface area contributed by atoms with Crippen LogP contribution in [-0.4, -0.2) is 43.8 Å². The third-order valence-corrected chi connectivity index (χ3v) is 3.92. The van der Waals surface area contributed by atoms with Gasteiger partial charge in [-0.1, -0.05) is 6.92 Å². The average Bonchev–Trinajstić information content (AvgIpc) is 2.96. The maximum atomic E-state index is 11.4. The van der Waals surface area contributed by atoms with E-state index in [9.17, 15) is 9.90 Å². The number of likely N-dealkylation sites (tertiary alicyclic amines) is 1. The third-order valence-electron chi connectivity index (χ3n) is 3.92. The molecule has 1 aromatic rings. The molecule has 1 N–H and O–H groups in total. The van der Waals surface area contributed by atoms with Crippen molar-refractivity contribution in [2.45, 2.75) is 39.8 Å². The molecule has 1 unspecified atom stereocenters. The average molecular weight is 252 g/mol. The minimum absolute atomic E-state index is 0.572. The Balaban J connectivity index is 2.03. The van der Waals surface area contributed by atoms with E-state index >= 15 is 0 Å². The summed E-state index contributed by atoms with van der Waals surface area (Å²) >= 11 is 0. The van der Waals surface area contributed by atoms with E-state index < -0.39 is 11.4 Å². The number of hydrogen-bond acceptors (Lipinski definition) is 4. The van der Waals surface area contributed by atoms with Crippen molar-refractivity contribution in [1.82, 2.24) is 19.7 Å². The zero-order chi connectivity index (χ0) is 13.2. The molecule has 0 aliphatic carbocycles. The van der Waals surface area contributed by atoms with Crippen molar-refractivity contribution >= 4 is 5.97 Å². The highest BCUT2D eigenvalue weighted by Gasteiger charge is 2.43. The van der Waals surface area contributed by atoms with E-state index in [1.54, 1.807) is 6.33 Å². The molecule has 0 bridgehead atoms. The molecule has 1 aliphatic heterocycles. The largest absolute Gasteiger partial charge is 0.481 e. The fourth-order valence-electron chi connectivity index (χ4n) is 2.58. The molecule has 2 heterocycles. The molecule has 18 heavy (non-hydrogen) atoms. The highest BCUT2D eigenvalue weighted by molar-refractivity contribution is 5.75. The highest BCUT2D eigenvalue weighted by Crippen LogP contribution is 2.34. The second-order valence-corrected chi connectivity index (χ2v) is 4.89. The second-order valence-electron chi connectivity index (χ2n) is 4.89. The van der Waals surface area contributed by atoms with Crippen LogP contribution in [0.4, 0.5) is 0 Å². The lowest BCUT2D eigenvalue weighted by Gasteiger charge is -2.22. The van der Waals surface area contributed by atoms with Crippen molar-refractivity contribution in [2.75, 3.05) is 13.1 Å². The Labute approximate surface area is 107 Å². The number of rotatable bonds is 5. The Morgan fingerprint density at radius 1 is 1.56 bits per heavy atom. The summed E-state index contributed by atoms with van der Waals surface area (Å²) in [4.78, 5) is 17.8. The molecule has 1 aliphatic rings. The van der Waals surface area contributed by atoms with Gasteiger partial charge in [0.15, 0.2) is 0 Å². The molecule has 1 atom stereocenters. The van der Waals surface area contributed by atoms with Gasteiger partial charge >= 0.3 is 5.97 Å². The zero-order valence-electron chi connectivity index (χ0n) is 11.0. The summed E-state index contributed by atoms with van der Waals surface area (Å²) in [5.41, 5.74) is -0.572. The second kappa shape index (κ2) is 5.06. The molecule has 0 radical (unpaired) electrons. The van der Waals surface area contributed by atoms with Crippen LogP contribution in [0, 0.1) is 5.41 Å². The highest BCUT2D eigenvalue weighted by atomic mass is 16.4. The smallest absolute Gasteiger partial charge is 0.310 e. The van der Waals surface area contributed by atoms with Crippen LogP contribution in [0.1, 0.15) is 32.5 Å². The Morgan fingerprint density at radius 2 is 2.33 bits per heavy atom. The monoisotopic (exact) mass is 252 g/mol. The summed E-state index contributed by atoms with van der Waals surface area (Å²) in [5, 5.41) is 13.5. The van der Waals surface area contributed by atoms with Crippen molar-refractivity contribution < 1.29 is 9.90 Å². The molecule has 1 aromatic heterocycles. The van der Waals surface area contributed by atoms with Crippen molar-refractivity contribution in [3.63, 3.8) is 0 Å². The van der Waals surface area contributed by atoms with Crippen molar-refractivity contribution in [1.29, 1.82) is 0 Å². The van der Waals surface area contributed by atoms with Gasteiger partial charge in [-0.05, 0) is 26.3 Å². The Morgan fingerprint density at radius 3 is 2.89 bits per heavy atom. The summed E-state index contributed by atoms with van der Waals surface area (Å²) in [5.74, 6) is 0.235. The number of nitrogens with zero attached hydrogens (tertiary/aromatic N) is 4. The lowest BCUT2D eigenvalue weighted by molar-refractivity contribution is -0.148. The van der Waals surface area contributed by atoms with Gasteiger partial charge in [-0.15, -0.1) is 0 Å². The van der Waals surface area contributed by atoms with Gasteiger partial charge in [-0.2, -0.15) is 5.10 Å². The predicted molar refractivity (Wildman–Crippen MR) is 65.9 cm³/mol. The lowest BCUT2D eigenvalue weighted by Crippen LogP contribution is -2.34. The Hall–Kier alpha value is -1.43. The number of carbonyl (C=O) groups is 1. The van der Waals surface area contributed by atoms with E-state index in [2.05, 4.69) is 15.0 Å². The number of carboxylic acids is 1. The van der Waals surface area contributed by atoms with E-state index in [4.69, 9.17) is 0 Å². The van der Waals surface area contributed by atoms with Crippen molar-refractivity contribution in [2.24, 2.45) is 5.41 Å². The molecule has 0 spiro atoms. The lowest BCUT2D eigenvalue weighted by atomic mass is 9.84. The van der Waals surface area contributed by atoms with Gasteiger partial charge in [-0.3, -0.25) is 9.69 Å². The van der Waals surface area contributed by atoms with Crippen LogP contribution in [0.5, 0.6) is 0 Å². The summed E-state index contributed by atoms with van der Waals surface area (Å²) < 4.78 is 1.85. The number of aromatic nitrogens is 3. The maximum absolute atomic E-state index is 11.4. The summed E-state index contributed by atoms with van der Waals surface area (Å²) in [6, 6.07) is 0. The first-order chi connectivity index (χ1) is 8.61. The molecule has 1 saturated heterocycles. The van der Waals surface area contributed by atoms with E-state index in [-0.39, 0.29) is 0 Å². The normalized spacial score (nSPS) is 24.6. The third kappa shape index (κ3) is 2.25. The molecule has 0 aromatic carbocycles. The molecular formula is C12H20N4O2. The van der Waals surface area contributed by atoms with Gasteiger partial charge in [0.25, 0.3) is 0 Å². The minimum atomic E-state index is -0.676. The van der Waals surface area contributed by atoms with E-state index in [1.807, 2.05) is 18.5 Å². The fourth-order valence-corrected chi connectivity index (χ4v) is 2.58. The first-order valence-corrected chi connectivity index (χ1v) is 6.43. The van der Waals surface area contributed by atoms with Crippen molar-refractivity contribution in [3.8, 4) is 0 Å². The maximum Gasteiger partial charge on any atom is 0.310 e. The van der Waals surface area contributed by atoms with E-state index in [1.165, 1.54) is 0 Å². The molecule has 6 nitrogen and oxygen atoms in total. The van der Waals surface area contributed by atoms with Crippen LogP contribution in [0.2, 0.25) is 0 Å². The molecule has 2 rings (SSSR count). The molecule has 0 amide bonds. The summed E-state index contributed by atoms with van der Waals surface area (Å²) in [6.45, 7) is 6.87. The van der Waals surface area contributed by atoms with E-state index in [0.717, 1.165) is 25.3 Å².